The Kier molecular flexibility index (Phi) is 5.27. The third kappa shape index (κ3) is 3.43. The van der Waals surface area contributed by atoms with E-state index in [-0.39, 0.29) is 16.5 Å². The average molecular weight is 398 g/mol. The van der Waals surface area contributed by atoms with Crippen LogP contribution >= 0.6 is 31.9 Å². The first kappa shape index (κ1) is 15.9. The van der Waals surface area contributed by atoms with Crippen molar-refractivity contribution in [2.75, 3.05) is 7.11 Å². The van der Waals surface area contributed by atoms with Gasteiger partial charge in [-0.3, -0.25) is 14.9 Å². The summed E-state index contributed by atoms with van der Waals surface area (Å²) in [5.74, 6) is -1.19. The van der Waals surface area contributed by atoms with Crippen molar-refractivity contribution in [3.63, 3.8) is 0 Å². The molecule has 0 saturated carbocycles. The van der Waals surface area contributed by atoms with Crippen LogP contribution in [0.3, 0.4) is 0 Å². The van der Waals surface area contributed by atoms with Crippen LogP contribution in [0.15, 0.2) is 15.0 Å². The Bertz CT molecular complexity index is 535. The lowest BCUT2D eigenvalue weighted by Gasteiger charge is -2.12. The Labute approximate surface area is 125 Å². The Morgan fingerprint density at radius 3 is 2.68 bits per heavy atom. The van der Waals surface area contributed by atoms with Gasteiger partial charge in [0, 0.05) is 16.5 Å². The van der Waals surface area contributed by atoms with Crippen molar-refractivity contribution in [3.05, 3.63) is 30.7 Å². The lowest BCUT2D eigenvalue weighted by atomic mass is 10.0. The second-order valence-corrected chi connectivity index (χ2v) is 5.27. The van der Waals surface area contributed by atoms with Crippen LogP contribution in [-0.4, -0.2) is 29.2 Å². The normalized spacial score (nSPS) is 12.0. The van der Waals surface area contributed by atoms with Crippen molar-refractivity contribution in [2.45, 2.75) is 12.5 Å². The number of carbonyl (C=O) groups excluding carboxylic acids is 1. The van der Waals surface area contributed by atoms with Gasteiger partial charge in [-0.25, -0.2) is 0 Å². The van der Waals surface area contributed by atoms with E-state index in [1.165, 1.54) is 13.2 Å². The van der Waals surface area contributed by atoms with Crippen LogP contribution in [0.1, 0.15) is 5.56 Å². The van der Waals surface area contributed by atoms with E-state index in [1.807, 2.05) is 0 Å². The second kappa shape index (κ2) is 6.31. The number of nitro benzene ring substituents is 1. The molecule has 0 radical (unpaired) electrons. The van der Waals surface area contributed by atoms with Gasteiger partial charge in [-0.2, -0.15) is 0 Å². The molecule has 0 amide bonds. The number of ether oxygens (including phenoxy) is 1. The summed E-state index contributed by atoms with van der Waals surface area (Å²) in [5.41, 5.74) is 5.26. The molecule has 9 heteroatoms. The van der Waals surface area contributed by atoms with Crippen molar-refractivity contribution in [1.82, 2.24) is 0 Å². The lowest BCUT2D eigenvalue weighted by Crippen LogP contribution is -2.33. The topological polar surface area (TPSA) is 116 Å². The number of rotatable bonds is 4. The molecular formula is C10H10Br2N2O5. The standard InChI is InChI=1S/C10H10Br2N2O5/c1-19-10(16)6(13)3-4-2-5(11)7(12)8(9(4)15)14(17)18/h2,6,15H,3,13H2,1H3. The number of hydrogen-bond donors (Lipinski definition) is 2. The first-order valence-corrected chi connectivity index (χ1v) is 6.55. The van der Waals surface area contributed by atoms with Crippen molar-refractivity contribution < 1.29 is 19.6 Å². The van der Waals surface area contributed by atoms with Crippen LogP contribution in [0.4, 0.5) is 5.69 Å². The highest BCUT2D eigenvalue weighted by atomic mass is 79.9. The smallest absolute Gasteiger partial charge is 0.326 e. The molecule has 104 valence electrons. The number of nitrogens with zero attached hydrogens (tertiary/aromatic N) is 1. The number of halogens is 2. The molecule has 0 fully saturated rings. The predicted octanol–water partition coefficient (Wildman–Crippen LogP) is 1.87. The molecule has 0 aliphatic rings. The van der Waals surface area contributed by atoms with Crippen LogP contribution < -0.4 is 5.73 Å². The molecule has 0 heterocycles. The number of aromatic hydroxyl groups is 1. The van der Waals surface area contributed by atoms with Gasteiger partial charge >= 0.3 is 11.7 Å². The predicted molar refractivity (Wildman–Crippen MR) is 73.9 cm³/mol. The van der Waals surface area contributed by atoms with Crippen molar-refractivity contribution >= 4 is 43.5 Å². The number of phenols is 1. The van der Waals surface area contributed by atoms with Gasteiger partial charge in [0.05, 0.1) is 12.0 Å². The Balaban J connectivity index is 3.23. The maximum atomic E-state index is 11.2. The fourth-order valence-corrected chi connectivity index (χ4v) is 2.36. The molecule has 0 bridgehead atoms. The first-order chi connectivity index (χ1) is 8.79. The van der Waals surface area contributed by atoms with Crippen LogP contribution in [0.25, 0.3) is 0 Å². The number of esters is 1. The highest BCUT2D eigenvalue weighted by Gasteiger charge is 2.26. The minimum Gasteiger partial charge on any atom is -0.502 e. The minimum absolute atomic E-state index is 0.0781. The molecule has 1 aromatic carbocycles. The van der Waals surface area contributed by atoms with Gasteiger partial charge < -0.3 is 15.6 Å². The van der Waals surface area contributed by atoms with Gasteiger partial charge in [0.25, 0.3) is 0 Å². The van der Waals surface area contributed by atoms with Crippen LogP contribution in [0.2, 0.25) is 0 Å². The number of hydrogen-bond acceptors (Lipinski definition) is 6. The zero-order valence-electron chi connectivity index (χ0n) is 9.72. The monoisotopic (exact) mass is 396 g/mol. The van der Waals surface area contributed by atoms with Gasteiger partial charge in [0.15, 0.2) is 5.75 Å². The third-order valence-electron chi connectivity index (χ3n) is 2.37. The Morgan fingerprint density at radius 1 is 1.63 bits per heavy atom. The molecule has 0 spiro atoms. The third-order valence-corrected chi connectivity index (χ3v) is 4.33. The van der Waals surface area contributed by atoms with Crippen LogP contribution in [-0.2, 0) is 16.0 Å². The molecule has 3 N–H and O–H groups in total. The molecule has 1 unspecified atom stereocenters. The van der Waals surface area contributed by atoms with Gasteiger partial charge in [-0.15, -0.1) is 0 Å². The molecule has 1 rings (SSSR count). The molecule has 0 aliphatic carbocycles. The summed E-state index contributed by atoms with van der Waals surface area (Å²) in [6.45, 7) is 0. The molecule has 19 heavy (non-hydrogen) atoms. The quantitative estimate of drug-likeness (QED) is 0.455. The molecule has 0 aromatic heterocycles. The fraction of sp³-hybridized carbons (Fsp3) is 0.300. The highest BCUT2D eigenvalue weighted by molar-refractivity contribution is 9.13. The SMILES string of the molecule is COC(=O)C(N)Cc1cc(Br)c(Br)c([N+](=O)[O-])c1O. The second-order valence-electron chi connectivity index (χ2n) is 3.62. The molecule has 0 saturated heterocycles. The largest absolute Gasteiger partial charge is 0.502 e. The minimum atomic E-state index is -1.01. The van der Waals surface area contributed by atoms with Crippen molar-refractivity contribution in [2.24, 2.45) is 5.73 Å². The molecule has 7 nitrogen and oxygen atoms in total. The summed E-state index contributed by atoms with van der Waals surface area (Å²) < 4.78 is 4.95. The summed E-state index contributed by atoms with van der Waals surface area (Å²) in [6.07, 6.45) is -0.0781. The van der Waals surface area contributed by atoms with Crippen molar-refractivity contribution in [1.29, 1.82) is 0 Å². The van der Waals surface area contributed by atoms with E-state index in [0.29, 0.717) is 4.47 Å². The van der Waals surface area contributed by atoms with Crippen molar-refractivity contribution in [3.8, 4) is 5.75 Å². The summed E-state index contributed by atoms with van der Waals surface area (Å²) >= 11 is 6.13. The Morgan fingerprint density at radius 2 is 2.21 bits per heavy atom. The number of carbonyl (C=O) groups is 1. The Hall–Kier alpha value is -1.19. The molecule has 0 aliphatic heterocycles. The van der Waals surface area contributed by atoms with Gasteiger partial charge in [-0.1, -0.05) is 0 Å². The van der Waals surface area contributed by atoms with E-state index < -0.39 is 28.4 Å². The number of methoxy groups -OCH3 is 1. The average Bonchev–Trinajstić information content (AvgIpc) is 2.34. The summed E-state index contributed by atoms with van der Waals surface area (Å²) in [5, 5.41) is 20.8. The van der Waals surface area contributed by atoms with Gasteiger partial charge in [0.1, 0.15) is 10.5 Å². The number of nitro groups is 1. The van der Waals surface area contributed by atoms with Gasteiger partial charge in [0.2, 0.25) is 0 Å². The van der Waals surface area contributed by atoms with E-state index in [2.05, 4.69) is 36.6 Å². The zero-order chi connectivity index (χ0) is 14.7. The lowest BCUT2D eigenvalue weighted by molar-refractivity contribution is -0.386. The van der Waals surface area contributed by atoms with Crippen LogP contribution in [0.5, 0.6) is 5.75 Å². The summed E-state index contributed by atoms with van der Waals surface area (Å²) in [7, 11) is 1.18. The van der Waals surface area contributed by atoms with E-state index in [0.717, 1.165) is 0 Å². The molecular weight excluding hydrogens is 388 g/mol. The zero-order valence-corrected chi connectivity index (χ0v) is 12.9. The fourth-order valence-electron chi connectivity index (χ4n) is 1.45. The molecule has 1 atom stereocenters. The van der Waals surface area contributed by atoms with E-state index in [4.69, 9.17) is 5.73 Å². The number of benzene rings is 1. The maximum Gasteiger partial charge on any atom is 0.326 e. The van der Waals surface area contributed by atoms with Crippen LogP contribution in [0, 0.1) is 10.1 Å². The maximum absolute atomic E-state index is 11.2. The number of phenolic OH excluding ortho intramolecular Hbond substituents is 1. The summed E-state index contributed by atoms with van der Waals surface area (Å²) in [6, 6.07) is 0.443. The first-order valence-electron chi connectivity index (χ1n) is 4.97. The molecule has 1 aromatic rings. The van der Waals surface area contributed by atoms with E-state index in [1.54, 1.807) is 0 Å². The van der Waals surface area contributed by atoms with E-state index >= 15 is 0 Å². The van der Waals surface area contributed by atoms with E-state index in [9.17, 15) is 20.0 Å². The highest BCUT2D eigenvalue weighted by Crippen LogP contribution is 2.42. The van der Waals surface area contributed by atoms with Gasteiger partial charge in [-0.05, 0) is 37.9 Å². The summed E-state index contributed by atoms with van der Waals surface area (Å²) in [4.78, 5) is 21.4. The number of nitrogens with two attached hydrogens (primary N) is 1.